The Morgan fingerprint density at radius 1 is 1.18 bits per heavy atom. The highest BCUT2D eigenvalue weighted by atomic mass is 79.9. The molecule has 1 heterocycles. The Kier molecular flexibility index (Phi) is 4.35. The third-order valence-electron chi connectivity index (χ3n) is 2.69. The molecule has 4 heteroatoms. The van der Waals surface area contributed by atoms with Gasteiger partial charge >= 0.3 is 0 Å². The van der Waals surface area contributed by atoms with Crippen molar-refractivity contribution in [2.45, 2.75) is 19.2 Å². The number of thiophene rings is 1. The van der Waals surface area contributed by atoms with Crippen molar-refractivity contribution in [2.24, 2.45) is 0 Å². The number of benzene rings is 1. The first kappa shape index (κ1) is 13.6. The lowest BCUT2D eigenvalue weighted by Crippen LogP contribution is -1.93. The molecular formula is C13H11Br2ClS. The van der Waals surface area contributed by atoms with Gasteiger partial charge < -0.3 is 0 Å². The average Bonchev–Trinajstić information content (AvgIpc) is 2.61. The number of alkyl halides is 1. The summed E-state index contributed by atoms with van der Waals surface area (Å²) in [6.07, 6.45) is 0. The van der Waals surface area contributed by atoms with Gasteiger partial charge in [0.25, 0.3) is 0 Å². The first-order chi connectivity index (χ1) is 7.99. The number of hydrogen-bond donors (Lipinski definition) is 0. The standard InChI is InChI=1S/C13H11Br2ClS/c1-7-3-4-9(5-11(7)14)13(16)10-6-12(15)17-8(10)2/h3-6,13H,1-2H3. The molecule has 0 aliphatic rings. The van der Waals surface area contributed by atoms with Crippen molar-refractivity contribution >= 4 is 54.8 Å². The lowest BCUT2D eigenvalue weighted by atomic mass is 10.0. The Morgan fingerprint density at radius 2 is 1.88 bits per heavy atom. The van der Waals surface area contributed by atoms with Crippen molar-refractivity contribution in [1.29, 1.82) is 0 Å². The Labute approximate surface area is 127 Å². The summed E-state index contributed by atoms with van der Waals surface area (Å²) in [7, 11) is 0. The molecule has 2 aromatic rings. The van der Waals surface area contributed by atoms with Gasteiger partial charge in [0.15, 0.2) is 0 Å². The van der Waals surface area contributed by atoms with Crippen LogP contribution in [-0.2, 0) is 0 Å². The summed E-state index contributed by atoms with van der Waals surface area (Å²) in [5.41, 5.74) is 3.53. The minimum absolute atomic E-state index is 0.0885. The molecule has 0 saturated carbocycles. The SMILES string of the molecule is Cc1ccc(C(Cl)c2cc(Br)sc2C)cc1Br. The van der Waals surface area contributed by atoms with Gasteiger partial charge in [0.2, 0.25) is 0 Å². The van der Waals surface area contributed by atoms with Crippen molar-refractivity contribution in [1.82, 2.24) is 0 Å². The van der Waals surface area contributed by atoms with Crippen LogP contribution >= 0.6 is 54.8 Å². The molecular weight excluding hydrogens is 383 g/mol. The van der Waals surface area contributed by atoms with E-state index in [1.165, 1.54) is 16.0 Å². The predicted molar refractivity (Wildman–Crippen MR) is 83.3 cm³/mol. The molecule has 0 amide bonds. The third kappa shape index (κ3) is 2.95. The third-order valence-corrected chi connectivity index (χ3v) is 5.60. The second-order valence-electron chi connectivity index (χ2n) is 3.93. The maximum atomic E-state index is 6.54. The van der Waals surface area contributed by atoms with Crippen LogP contribution in [0.25, 0.3) is 0 Å². The molecule has 0 nitrogen and oxygen atoms in total. The zero-order valence-electron chi connectivity index (χ0n) is 9.43. The second-order valence-corrected chi connectivity index (χ2v) is 7.86. The van der Waals surface area contributed by atoms with Crippen LogP contribution in [-0.4, -0.2) is 0 Å². The van der Waals surface area contributed by atoms with E-state index in [4.69, 9.17) is 11.6 Å². The Balaban J connectivity index is 2.40. The fourth-order valence-corrected chi connectivity index (χ4v) is 4.23. The fraction of sp³-hybridized carbons (Fsp3) is 0.231. The van der Waals surface area contributed by atoms with Crippen LogP contribution in [0.5, 0.6) is 0 Å². The summed E-state index contributed by atoms with van der Waals surface area (Å²) in [5, 5.41) is -0.0885. The molecule has 1 aromatic carbocycles. The smallest absolute Gasteiger partial charge is 0.0846 e. The fourth-order valence-electron chi connectivity index (χ4n) is 1.66. The molecule has 1 aromatic heterocycles. The van der Waals surface area contributed by atoms with Crippen LogP contribution in [0.1, 0.15) is 26.9 Å². The molecule has 17 heavy (non-hydrogen) atoms. The largest absolute Gasteiger partial charge is 0.133 e. The maximum absolute atomic E-state index is 6.54. The van der Waals surface area contributed by atoms with E-state index < -0.39 is 0 Å². The minimum Gasteiger partial charge on any atom is -0.133 e. The molecule has 0 bridgehead atoms. The van der Waals surface area contributed by atoms with E-state index >= 15 is 0 Å². The molecule has 1 unspecified atom stereocenters. The molecule has 0 saturated heterocycles. The van der Waals surface area contributed by atoms with Crippen molar-refractivity contribution in [3.05, 3.63) is 54.1 Å². The van der Waals surface area contributed by atoms with Crippen molar-refractivity contribution in [3.63, 3.8) is 0 Å². The molecule has 0 aliphatic heterocycles. The van der Waals surface area contributed by atoms with Gasteiger partial charge in [-0.2, -0.15) is 0 Å². The van der Waals surface area contributed by atoms with E-state index in [0.29, 0.717) is 0 Å². The van der Waals surface area contributed by atoms with Gasteiger partial charge in [0.05, 0.1) is 9.16 Å². The predicted octanol–water partition coefficient (Wildman–Crippen LogP) is 6.22. The summed E-state index contributed by atoms with van der Waals surface area (Å²) >= 11 is 15.3. The number of hydrogen-bond acceptors (Lipinski definition) is 1. The molecule has 1 atom stereocenters. The van der Waals surface area contributed by atoms with Crippen molar-refractivity contribution in [2.75, 3.05) is 0 Å². The number of halogens is 3. The highest BCUT2D eigenvalue weighted by Gasteiger charge is 2.16. The van der Waals surface area contributed by atoms with Gasteiger partial charge in [-0.3, -0.25) is 0 Å². The highest BCUT2D eigenvalue weighted by molar-refractivity contribution is 9.11. The van der Waals surface area contributed by atoms with Crippen LogP contribution in [0.3, 0.4) is 0 Å². The van der Waals surface area contributed by atoms with E-state index in [9.17, 15) is 0 Å². The highest BCUT2D eigenvalue weighted by Crippen LogP contribution is 2.38. The van der Waals surface area contributed by atoms with Gasteiger partial charge in [-0.25, -0.2) is 0 Å². The van der Waals surface area contributed by atoms with E-state index in [1.807, 2.05) is 0 Å². The molecule has 0 N–H and O–H groups in total. The monoisotopic (exact) mass is 392 g/mol. The molecule has 2 rings (SSSR count). The van der Waals surface area contributed by atoms with Crippen LogP contribution in [0.4, 0.5) is 0 Å². The first-order valence-electron chi connectivity index (χ1n) is 5.15. The lowest BCUT2D eigenvalue weighted by molar-refractivity contribution is 1.12. The van der Waals surface area contributed by atoms with Gasteiger partial charge in [-0.15, -0.1) is 22.9 Å². The summed E-state index contributed by atoms with van der Waals surface area (Å²) in [6.45, 7) is 4.17. The average molecular weight is 395 g/mol. The Hall–Kier alpha value is 0.170. The van der Waals surface area contributed by atoms with Gasteiger partial charge in [-0.1, -0.05) is 28.1 Å². The van der Waals surface area contributed by atoms with E-state index in [1.54, 1.807) is 11.3 Å². The molecule has 0 fully saturated rings. The minimum atomic E-state index is -0.0885. The van der Waals surface area contributed by atoms with Crippen molar-refractivity contribution in [3.8, 4) is 0 Å². The topological polar surface area (TPSA) is 0 Å². The van der Waals surface area contributed by atoms with E-state index in [2.05, 4.69) is 70.0 Å². The summed E-state index contributed by atoms with van der Waals surface area (Å²) in [4.78, 5) is 1.26. The van der Waals surface area contributed by atoms with Crippen LogP contribution in [0.15, 0.2) is 32.5 Å². The summed E-state index contributed by atoms with van der Waals surface area (Å²) < 4.78 is 2.23. The zero-order chi connectivity index (χ0) is 12.6. The van der Waals surface area contributed by atoms with E-state index in [-0.39, 0.29) is 5.38 Å². The van der Waals surface area contributed by atoms with Crippen LogP contribution in [0, 0.1) is 13.8 Å². The summed E-state index contributed by atoms with van der Waals surface area (Å²) in [5.74, 6) is 0. The van der Waals surface area contributed by atoms with Crippen molar-refractivity contribution < 1.29 is 0 Å². The molecule has 0 radical (unpaired) electrons. The second kappa shape index (κ2) is 5.43. The number of rotatable bonds is 2. The quantitative estimate of drug-likeness (QED) is 0.531. The normalized spacial score (nSPS) is 12.8. The molecule has 0 spiro atoms. The van der Waals surface area contributed by atoms with Gasteiger partial charge in [-0.05, 0) is 58.6 Å². The number of aryl methyl sites for hydroxylation is 2. The zero-order valence-corrected chi connectivity index (χ0v) is 14.2. The Bertz CT molecular complexity index is 548. The first-order valence-corrected chi connectivity index (χ1v) is 7.99. The molecule has 0 aliphatic carbocycles. The Morgan fingerprint density at radius 3 is 2.41 bits per heavy atom. The molecule has 90 valence electrons. The van der Waals surface area contributed by atoms with Gasteiger partial charge in [0, 0.05) is 9.35 Å². The lowest BCUT2D eigenvalue weighted by Gasteiger charge is -2.11. The van der Waals surface area contributed by atoms with Gasteiger partial charge in [0.1, 0.15) is 0 Å². The summed E-state index contributed by atoms with van der Waals surface area (Å²) in [6, 6.07) is 8.37. The van der Waals surface area contributed by atoms with E-state index in [0.717, 1.165) is 13.8 Å². The maximum Gasteiger partial charge on any atom is 0.0846 e. The van der Waals surface area contributed by atoms with Crippen LogP contribution in [0.2, 0.25) is 0 Å². The van der Waals surface area contributed by atoms with Crippen LogP contribution < -0.4 is 0 Å².